The first-order valence-corrected chi connectivity index (χ1v) is 5.43. The van der Waals surface area contributed by atoms with Gasteiger partial charge in [0.2, 0.25) is 0 Å². The van der Waals surface area contributed by atoms with E-state index >= 15 is 0 Å². The molecule has 1 aromatic carbocycles. The average Bonchev–Trinajstić information content (AvgIpc) is 2.08. The van der Waals surface area contributed by atoms with Crippen LogP contribution in [0, 0.1) is 6.92 Å². The van der Waals surface area contributed by atoms with Crippen molar-refractivity contribution in [3.05, 3.63) is 29.3 Å². The zero-order chi connectivity index (χ0) is 11.4. The van der Waals surface area contributed by atoms with E-state index in [1.165, 1.54) is 5.56 Å². The Balaban J connectivity index is 2.92. The fraction of sp³-hybridized carbons (Fsp3) is 0.538. The molecular weight excluding hydrogens is 188 g/mol. The Labute approximate surface area is 91.9 Å². The maximum absolute atomic E-state index is 9.40. The molecule has 0 amide bonds. The maximum atomic E-state index is 9.40. The second-order valence-corrected chi connectivity index (χ2v) is 4.33. The number of hydrogen-bond donors (Lipinski definition) is 1. The van der Waals surface area contributed by atoms with Crippen molar-refractivity contribution in [2.45, 2.75) is 46.3 Å². The molecule has 15 heavy (non-hydrogen) atoms. The summed E-state index contributed by atoms with van der Waals surface area (Å²) in [6.07, 6.45) is 0.478. The third kappa shape index (κ3) is 3.92. The highest BCUT2D eigenvalue weighted by atomic mass is 16.5. The predicted octanol–water partition coefficient (Wildman–Crippen LogP) is 2.71. The van der Waals surface area contributed by atoms with Crippen molar-refractivity contribution in [3.8, 4) is 5.75 Å². The van der Waals surface area contributed by atoms with Crippen LogP contribution in [0.1, 0.15) is 31.9 Å². The molecule has 1 rings (SSSR count). The van der Waals surface area contributed by atoms with Crippen molar-refractivity contribution >= 4 is 0 Å². The van der Waals surface area contributed by atoms with E-state index in [9.17, 15) is 5.11 Å². The smallest absolute Gasteiger partial charge is 0.122 e. The number of aryl methyl sites for hydroxylation is 1. The molecule has 0 radical (unpaired) electrons. The van der Waals surface area contributed by atoms with Crippen LogP contribution in [0.15, 0.2) is 18.2 Å². The van der Waals surface area contributed by atoms with Crippen LogP contribution in [0.5, 0.6) is 5.75 Å². The molecule has 2 nitrogen and oxygen atoms in total. The minimum atomic E-state index is -0.332. The van der Waals surface area contributed by atoms with Crippen LogP contribution in [0.25, 0.3) is 0 Å². The molecule has 84 valence electrons. The van der Waals surface area contributed by atoms with Gasteiger partial charge in [0.1, 0.15) is 5.75 Å². The molecule has 1 aromatic rings. The lowest BCUT2D eigenvalue weighted by Gasteiger charge is -2.15. The normalized spacial score (nSPS) is 12.9. The van der Waals surface area contributed by atoms with E-state index in [-0.39, 0.29) is 12.2 Å². The zero-order valence-corrected chi connectivity index (χ0v) is 9.95. The van der Waals surface area contributed by atoms with Crippen LogP contribution in [0.3, 0.4) is 0 Å². The van der Waals surface area contributed by atoms with E-state index in [1.54, 1.807) is 6.92 Å². The average molecular weight is 208 g/mol. The van der Waals surface area contributed by atoms with Crippen molar-refractivity contribution in [1.82, 2.24) is 0 Å². The number of ether oxygens (including phenoxy) is 1. The first kappa shape index (κ1) is 12.1. The summed E-state index contributed by atoms with van der Waals surface area (Å²) in [4.78, 5) is 0. The summed E-state index contributed by atoms with van der Waals surface area (Å²) in [7, 11) is 0. The summed E-state index contributed by atoms with van der Waals surface area (Å²) >= 11 is 0. The molecular formula is C13H20O2. The standard InChI is InChI=1S/C13H20O2/c1-9(2)15-13-6-5-10(3)7-12(13)8-11(4)14/h5-7,9,11,14H,8H2,1-4H3. The van der Waals surface area contributed by atoms with Crippen molar-refractivity contribution in [1.29, 1.82) is 0 Å². The van der Waals surface area contributed by atoms with Crippen molar-refractivity contribution in [3.63, 3.8) is 0 Å². The Morgan fingerprint density at radius 2 is 1.93 bits per heavy atom. The molecule has 0 bridgehead atoms. The van der Waals surface area contributed by atoms with Gasteiger partial charge in [0.15, 0.2) is 0 Å². The quantitative estimate of drug-likeness (QED) is 0.824. The van der Waals surface area contributed by atoms with E-state index in [4.69, 9.17) is 4.74 Å². The van der Waals surface area contributed by atoms with Crippen LogP contribution >= 0.6 is 0 Å². The van der Waals surface area contributed by atoms with Gasteiger partial charge < -0.3 is 9.84 Å². The molecule has 0 fully saturated rings. The molecule has 0 heterocycles. The molecule has 1 unspecified atom stereocenters. The number of rotatable bonds is 4. The Bertz CT molecular complexity index is 316. The lowest BCUT2D eigenvalue weighted by atomic mass is 10.0. The monoisotopic (exact) mass is 208 g/mol. The van der Waals surface area contributed by atoms with Crippen molar-refractivity contribution < 1.29 is 9.84 Å². The summed E-state index contributed by atoms with van der Waals surface area (Å²) in [5.41, 5.74) is 2.28. The van der Waals surface area contributed by atoms with Gasteiger partial charge in [-0.25, -0.2) is 0 Å². The predicted molar refractivity (Wildman–Crippen MR) is 62.3 cm³/mol. The Morgan fingerprint density at radius 3 is 2.47 bits per heavy atom. The third-order valence-corrected chi connectivity index (χ3v) is 2.09. The molecule has 0 aliphatic heterocycles. The number of hydrogen-bond acceptors (Lipinski definition) is 2. The summed E-state index contributed by atoms with van der Waals surface area (Å²) in [5, 5.41) is 9.40. The molecule has 0 saturated carbocycles. The van der Waals surface area contributed by atoms with Crippen LogP contribution in [0.4, 0.5) is 0 Å². The Morgan fingerprint density at radius 1 is 1.27 bits per heavy atom. The number of benzene rings is 1. The van der Waals surface area contributed by atoms with Crippen LogP contribution in [-0.2, 0) is 6.42 Å². The van der Waals surface area contributed by atoms with Gasteiger partial charge in [0.05, 0.1) is 12.2 Å². The SMILES string of the molecule is Cc1ccc(OC(C)C)c(CC(C)O)c1. The van der Waals surface area contributed by atoms with E-state index in [2.05, 4.69) is 6.07 Å². The molecule has 2 heteroatoms. The summed E-state index contributed by atoms with van der Waals surface area (Å²) in [6, 6.07) is 6.08. The van der Waals surface area contributed by atoms with Gasteiger partial charge in [0.25, 0.3) is 0 Å². The highest BCUT2D eigenvalue weighted by molar-refractivity contribution is 5.37. The van der Waals surface area contributed by atoms with Crippen LogP contribution in [0.2, 0.25) is 0 Å². The minimum absolute atomic E-state index is 0.167. The summed E-state index contributed by atoms with van der Waals surface area (Å²) in [6.45, 7) is 7.85. The zero-order valence-electron chi connectivity index (χ0n) is 9.95. The first-order valence-electron chi connectivity index (χ1n) is 5.43. The lowest BCUT2D eigenvalue weighted by Crippen LogP contribution is -2.11. The molecule has 1 atom stereocenters. The Kier molecular flexibility index (Phi) is 4.15. The first-order chi connectivity index (χ1) is 6.99. The summed E-state index contributed by atoms with van der Waals surface area (Å²) in [5.74, 6) is 0.886. The minimum Gasteiger partial charge on any atom is -0.491 e. The maximum Gasteiger partial charge on any atom is 0.122 e. The van der Waals surface area contributed by atoms with Gasteiger partial charge >= 0.3 is 0 Å². The number of aliphatic hydroxyl groups is 1. The lowest BCUT2D eigenvalue weighted by molar-refractivity contribution is 0.190. The van der Waals surface area contributed by atoms with Crippen LogP contribution in [-0.4, -0.2) is 17.3 Å². The molecule has 0 aliphatic rings. The largest absolute Gasteiger partial charge is 0.491 e. The van der Waals surface area contributed by atoms with E-state index < -0.39 is 0 Å². The van der Waals surface area contributed by atoms with Crippen molar-refractivity contribution in [2.75, 3.05) is 0 Å². The van der Waals surface area contributed by atoms with E-state index in [1.807, 2.05) is 32.9 Å². The molecule has 1 N–H and O–H groups in total. The van der Waals surface area contributed by atoms with Gasteiger partial charge in [-0.05, 0) is 39.3 Å². The van der Waals surface area contributed by atoms with Gasteiger partial charge in [0, 0.05) is 6.42 Å². The fourth-order valence-electron chi connectivity index (χ4n) is 1.55. The highest BCUT2D eigenvalue weighted by Crippen LogP contribution is 2.22. The van der Waals surface area contributed by atoms with E-state index in [0.717, 1.165) is 11.3 Å². The van der Waals surface area contributed by atoms with Gasteiger partial charge in [-0.1, -0.05) is 17.7 Å². The molecule has 0 saturated heterocycles. The summed E-state index contributed by atoms with van der Waals surface area (Å²) < 4.78 is 5.69. The van der Waals surface area contributed by atoms with Gasteiger partial charge in [-0.2, -0.15) is 0 Å². The second kappa shape index (κ2) is 5.17. The van der Waals surface area contributed by atoms with E-state index in [0.29, 0.717) is 6.42 Å². The molecule has 0 aromatic heterocycles. The fourth-order valence-corrected chi connectivity index (χ4v) is 1.55. The topological polar surface area (TPSA) is 29.5 Å². The molecule has 0 spiro atoms. The second-order valence-electron chi connectivity index (χ2n) is 4.33. The Hall–Kier alpha value is -1.02. The molecule has 0 aliphatic carbocycles. The van der Waals surface area contributed by atoms with Gasteiger partial charge in [-0.15, -0.1) is 0 Å². The van der Waals surface area contributed by atoms with Crippen LogP contribution < -0.4 is 4.74 Å². The third-order valence-electron chi connectivity index (χ3n) is 2.09. The van der Waals surface area contributed by atoms with Crippen molar-refractivity contribution in [2.24, 2.45) is 0 Å². The number of aliphatic hydroxyl groups excluding tert-OH is 1. The van der Waals surface area contributed by atoms with Gasteiger partial charge in [-0.3, -0.25) is 0 Å². The highest BCUT2D eigenvalue weighted by Gasteiger charge is 2.08.